The van der Waals surface area contributed by atoms with Crippen LogP contribution < -0.4 is 55.6 Å². The zero-order chi connectivity index (χ0) is 22.1. The van der Waals surface area contributed by atoms with E-state index >= 15 is 0 Å². The van der Waals surface area contributed by atoms with E-state index in [0.717, 1.165) is 0 Å². The number of hydrogen-bond acceptors (Lipinski definition) is 9. The molecule has 0 aromatic carbocycles. The molecular weight excluding hydrogens is 473 g/mol. The largest absolute Gasteiger partial charge is 0.380 e. The second kappa shape index (κ2) is 11.3. The lowest BCUT2D eigenvalue weighted by atomic mass is 10.00. The van der Waals surface area contributed by atoms with Crippen molar-refractivity contribution in [1.82, 2.24) is 26.9 Å². The maximum atomic E-state index is 12.7. The van der Waals surface area contributed by atoms with Gasteiger partial charge in [-0.1, -0.05) is 0 Å². The van der Waals surface area contributed by atoms with Gasteiger partial charge >= 0.3 is 11.9 Å². The summed E-state index contributed by atoms with van der Waals surface area (Å²) in [4.78, 5) is 34.6. The van der Waals surface area contributed by atoms with Crippen molar-refractivity contribution in [1.29, 1.82) is 0 Å². The summed E-state index contributed by atoms with van der Waals surface area (Å²) in [7, 11) is 0. The molecule has 0 spiro atoms. The number of carbonyl (C=O) groups excluding carboxylic acids is 2. The highest BCUT2D eigenvalue weighted by Crippen LogP contribution is 2.13. The van der Waals surface area contributed by atoms with E-state index in [1.807, 2.05) is 11.0 Å². The Hall–Kier alpha value is -2.61. The van der Waals surface area contributed by atoms with Crippen molar-refractivity contribution in [2.45, 2.75) is 11.7 Å². The first-order valence-corrected chi connectivity index (χ1v) is 8.60. The van der Waals surface area contributed by atoms with E-state index in [4.69, 9.17) is 70.2 Å². The van der Waals surface area contributed by atoms with E-state index in [1.165, 1.54) is 0 Å². The first kappa shape index (κ1) is 25.4. The quantitative estimate of drug-likeness (QED) is 0.0956. The number of hydrogen-bond donors (Lipinski definition) is 10. The molecule has 0 amide bonds. The molecule has 0 aliphatic heterocycles. The molecule has 28 heavy (non-hydrogen) atoms. The molecule has 0 fully saturated rings. The summed E-state index contributed by atoms with van der Waals surface area (Å²) >= 11 is 23.2. The van der Waals surface area contributed by atoms with Crippen LogP contribution in [0.4, 0.5) is 0 Å². The van der Waals surface area contributed by atoms with Crippen molar-refractivity contribution in [3.63, 3.8) is 0 Å². The molecule has 0 saturated heterocycles. The Morgan fingerprint density at radius 1 is 0.714 bits per heavy atom. The van der Waals surface area contributed by atoms with E-state index < -0.39 is 49.2 Å². The van der Waals surface area contributed by atoms with Gasteiger partial charge in [-0.2, -0.15) is 11.0 Å². The van der Waals surface area contributed by atoms with Crippen LogP contribution in [0.2, 0.25) is 0 Å². The normalized spacial score (nSPS) is 11.0. The van der Waals surface area contributed by atoms with Crippen LogP contribution in [0, 0.1) is 0 Å². The Balaban J connectivity index is 6.31. The van der Waals surface area contributed by atoms with Crippen molar-refractivity contribution in [3.05, 3.63) is 0 Å². The maximum Gasteiger partial charge on any atom is 0.380 e. The van der Waals surface area contributed by atoms with Gasteiger partial charge in [-0.15, -0.1) is 0 Å². The van der Waals surface area contributed by atoms with E-state index in [1.54, 1.807) is 0 Å². The fourth-order valence-corrected chi connectivity index (χ4v) is 2.13. The number of hydroxylamine groups is 2. The summed E-state index contributed by atoms with van der Waals surface area (Å²) in [5, 5.41) is 4.57. The fraction of sp³-hybridized carbons (Fsp3) is 0.222. The van der Waals surface area contributed by atoms with E-state index in [0.29, 0.717) is 0 Å². The van der Waals surface area contributed by atoms with Crippen molar-refractivity contribution in [3.8, 4) is 0 Å². The van der Waals surface area contributed by atoms with Crippen molar-refractivity contribution < 1.29 is 19.3 Å². The molecular formula is C9H16N10O4S5. The number of nitrogens with two attached hydrogens (primary N) is 5. The second-order valence-corrected chi connectivity index (χ2v) is 6.67. The SMILES string of the molecule is NC(=S)NOC(=O)C(NC(N)=S)C(NC(N)=S)(NC(N)=S)C(=O)ONC(N)=S. The monoisotopic (exact) mass is 488 g/mol. The first-order chi connectivity index (χ1) is 12.8. The highest BCUT2D eigenvalue weighted by Gasteiger charge is 2.54. The van der Waals surface area contributed by atoms with Gasteiger partial charge in [0.05, 0.1) is 0 Å². The third-order valence-corrected chi connectivity index (χ3v) is 2.90. The standard InChI is InChI=1S/C9H16N10O4S5/c10-4(24)15-1(2(20)22-18-7(13)27)9(16-5(11)25,17-6(12)26)3(21)23-19-8(14)28/h1H,(H3,10,15,24)(H3,11,16,25)(H3,12,17,26)(H3,13,18,27)(H3,14,19,28). The first-order valence-electron chi connectivity index (χ1n) is 6.55. The number of rotatable bonds is 6. The lowest BCUT2D eigenvalue weighted by Gasteiger charge is -2.38. The smallest absolute Gasteiger partial charge is 0.376 e. The summed E-state index contributed by atoms with van der Waals surface area (Å²) < 4.78 is 0. The Morgan fingerprint density at radius 3 is 1.50 bits per heavy atom. The van der Waals surface area contributed by atoms with Gasteiger partial charge in [0.2, 0.25) is 5.66 Å². The summed E-state index contributed by atoms with van der Waals surface area (Å²) in [6.45, 7) is 0. The van der Waals surface area contributed by atoms with Gasteiger partial charge in [-0.3, -0.25) is 0 Å². The molecule has 0 rings (SSSR count). The van der Waals surface area contributed by atoms with E-state index in [9.17, 15) is 9.59 Å². The Labute approximate surface area is 184 Å². The van der Waals surface area contributed by atoms with Crippen LogP contribution in [0.15, 0.2) is 0 Å². The van der Waals surface area contributed by atoms with Crippen LogP contribution in [0.25, 0.3) is 0 Å². The van der Waals surface area contributed by atoms with Gasteiger partial charge in [0.1, 0.15) is 0 Å². The van der Waals surface area contributed by atoms with Crippen LogP contribution in [-0.2, 0) is 19.3 Å². The van der Waals surface area contributed by atoms with Gasteiger partial charge in [0, 0.05) is 0 Å². The molecule has 0 bridgehead atoms. The van der Waals surface area contributed by atoms with Crippen LogP contribution in [0.1, 0.15) is 0 Å². The molecule has 15 N–H and O–H groups in total. The minimum absolute atomic E-state index is 0.407. The highest BCUT2D eigenvalue weighted by molar-refractivity contribution is 7.81. The van der Waals surface area contributed by atoms with Crippen LogP contribution >= 0.6 is 61.1 Å². The second-order valence-electron chi connectivity index (χ2n) is 4.47. The summed E-state index contributed by atoms with van der Waals surface area (Å²) in [6, 6.07) is -1.85. The van der Waals surface area contributed by atoms with Crippen molar-refractivity contribution in [2.24, 2.45) is 28.7 Å². The predicted molar refractivity (Wildman–Crippen MR) is 118 cm³/mol. The fourth-order valence-electron chi connectivity index (χ4n) is 1.61. The maximum absolute atomic E-state index is 12.7. The van der Waals surface area contributed by atoms with E-state index in [-0.39, 0.29) is 0 Å². The lowest BCUT2D eigenvalue weighted by Crippen LogP contribution is -2.79. The molecule has 0 aromatic rings. The highest BCUT2D eigenvalue weighted by atomic mass is 32.1. The molecule has 0 radical (unpaired) electrons. The number of thiocarbonyl (C=S) groups is 5. The summed E-state index contributed by atoms with van der Waals surface area (Å²) in [5.74, 6) is -2.58. The minimum Gasteiger partial charge on any atom is -0.376 e. The molecule has 19 heteroatoms. The topological polar surface area (TPSA) is 243 Å². The van der Waals surface area contributed by atoms with Crippen LogP contribution in [-0.4, -0.2) is 49.2 Å². The summed E-state index contributed by atoms with van der Waals surface area (Å²) in [6.07, 6.45) is 0. The molecule has 1 unspecified atom stereocenters. The third-order valence-electron chi connectivity index (χ3n) is 2.41. The molecule has 0 saturated carbocycles. The van der Waals surface area contributed by atoms with Gasteiger partial charge in [-0.25, -0.2) is 9.59 Å². The molecule has 0 aromatic heterocycles. The molecule has 0 aliphatic carbocycles. The molecule has 156 valence electrons. The average Bonchev–Trinajstić information content (AvgIpc) is 2.53. The van der Waals surface area contributed by atoms with Crippen LogP contribution in [0.5, 0.6) is 0 Å². The zero-order valence-electron chi connectivity index (χ0n) is 13.6. The molecule has 1 atom stereocenters. The zero-order valence-corrected chi connectivity index (χ0v) is 17.7. The Bertz CT molecular complexity index is 687. The molecule has 14 nitrogen and oxygen atoms in total. The Morgan fingerprint density at radius 2 is 1.14 bits per heavy atom. The van der Waals surface area contributed by atoms with Crippen molar-refractivity contribution >= 4 is 98.6 Å². The average molecular weight is 489 g/mol. The van der Waals surface area contributed by atoms with Crippen molar-refractivity contribution in [2.75, 3.05) is 0 Å². The molecule has 0 heterocycles. The van der Waals surface area contributed by atoms with Gasteiger partial charge in [-0.05, 0) is 61.1 Å². The molecule has 0 aliphatic rings. The van der Waals surface area contributed by atoms with E-state index in [2.05, 4.69) is 45.2 Å². The lowest BCUT2D eigenvalue weighted by molar-refractivity contribution is -0.165. The van der Waals surface area contributed by atoms with Gasteiger partial charge in [0.15, 0.2) is 31.6 Å². The Kier molecular flexibility index (Phi) is 10.2. The predicted octanol–water partition coefficient (Wildman–Crippen LogP) is -4.87. The minimum atomic E-state index is -2.45. The summed E-state index contributed by atoms with van der Waals surface area (Å²) in [5.41, 5.74) is 28.1. The third kappa shape index (κ3) is 8.39. The number of nitrogens with one attached hydrogen (secondary N) is 5. The van der Waals surface area contributed by atoms with Gasteiger partial charge < -0.3 is 54.3 Å². The van der Waals surface area contributed by atoms with Crippen LogP contribution in [0.3, 0.4) is 0 Å². The number of carbonyl (C=O) groups is 2. The van der Waals surface area contributed by atoms with Gasteiger partial charge in [0.25, 0.3) is 0 Å².